The Hall–Kier alpha value is -0.163. The van der Waals surface area contributed by atoms with Crippen LogP contribution in [-0.4, -0.2) is 43.8 Å². The lowest BCUT2D eigenvalue weighted by atomic mass is 10.2. The monoisotopic (exact) mass is 324 g/mol. The van der Waals surface area contributed by atoms with Crippen molar-refractivity contribution < 1.29 is 36.3 Å². The van der Waals surface area contributed by atoms with E-state index in [0.29, 0.717) is 0 Å². The molecule has 0 bridgehead atoms. The Bertz CT molecular complexity index is 418. The second-order valence-corrected chi connectivity index (χ2v) is 13.1. The van der Waals surface area contributed by atoms with E-state index < -0.39 is 40.3 Å². The zero-order valence-electron chi connectivity index (χ0n) is 11.3. The zero-order valence-corrected chi connectivity index (χ0v) is 13.1. The summed E-state index contributed by atoms with van der Waals surface area (Å²) in [6.45, 7) is 8.05. The van der Waals surface area contributed by atoms with Gasteiger partial charge in [-0.2, -0.15) is 17.2 Å². The van der Waals surface area contributed by atoms with Crippen molar-refractivity contribution in [3.63, 3.8) is 0 Å². The molecule has 0 heterocycles. The van der Waals surface area contributed by atoms with E-state index in [9.17, 15) is 31.9 Å². The number of aliphatic hydroxyl groups excluding tert-OH is 2. The highest BCUT2D eigenvalue weighted by Gasteiger charge is 2.60. The van der Waals surface area contributed by atoms with Crippen LogP contribution in [0.15, 0.2) is 0 Å². The summed E-state index contributed by atoms with van der Waals surface area (Å²) < 4.78 is 62.2. The third-order valence-electron chi connectivity index (χ3n) is 3.73. The van der Waals surface area contributed by atoms with Crippen LogP contribution in [0.3, 0.4) is 0 Å². The van der Waals surface area contributed by atoms with Crippen LogP contribution < -0.4 is 0 Å². The number of hydrogen-bond donors (Lipinski definition) is 2. The normalized spacial score (nSPS) is 18.2. The van der Waals surface area contributed by atoms with Gasteiger partial charge in [-0.3, -0.25) is 0 Å². The van der Waals surface area contributed by atoms with Gasteiger partial charge in [0, 0.05) is 0 Å². The van der Waals surface area contributed by atoms with Crippen molar-refractivity contribution in [1.29, 1.82) is 0 Å². The van der Waals surface area contributed by atoms with E-state index in [0.717, 1.165) is 0 Å². The highest BCUT2D eigenvalue weighted by atomic mass is 32.2. The van der Waals surface area contributed by atoms with Gasteiger partial charge in [-0.05, 0) is 9.56 Å². The predicted octanol–water partition coefficient (Wildman–Crippen LogP) is 1.58. The van der Waals surface area contributed by atoms with Crippen LogP contribution in [0.4, 0.5) is 13.3 Å². The molecule has 0 aromatic carbocycles. The molecule has 0 aromatic rings. The van der Waals surface area contributed by atoms with Crippen LogP contribution in [-0.2, 0) is 14.5 Å². The molecule has 19 heavy (non-hydrogen) atoms. The SMILES string of the molecule is CC(C)(C)[Si](C)(C)C(O)C(O)C(F)(F)S(=O)(=O)OF. The molecule has 0 aromatic heterocycles. The van der Waals surface area contributed by atoms with Gasteiger partial charge in [0.2, 0.25) is 0 Å². The molecular formula is C9H19F3O5SSi. The molecule has 2 atom stereocenters. The molecule has 0 aliphatic rings. The van der Waals surface area contributed by atoms with Crippen molar-refractivity contribution >= 4 is 18.2 Å². The van der Waals surface area contributed by atoms with Crippen molar-refractivity contribution in [1.82, 2.24) is 0 Å². The van der Waals surface area contributed by atoms with Crippen molar-refractivity contribution in [2.24, 2.45) is 0 Å². The minimum absolute atomic E-state index is 0.593. The average molecular weight is 324 g/mol. The van der Waals surface area contributed by atoms with Gasteiger partial charge in [-0.15, -0.1) is 0 Å². The lowest BCUT2D eigenvalue weighted by molar-refractivity contribution is -0.103. The first-order valence-corrected chi connectivity index (χ1v) is 9.90. The maximum Gasteiger partial charge on any atom is 0.399 e. The molecule has 2 N–H and O–H groups in total. The van der Waals surface area contributed by atoms with Crippen LogP contribution in [0.2, 0.25) is 18.1 Å². The Labute approximate surface area is 111 Å². The number of halogens is 3. The van der Waals surface area contributed by atoms with E-state index in [1.807, 2.05) is 0 Å². The quantitative estimate of drug-likeness (QED) is 0.750. The summed E-state index contributed by atoms with van der Waals surface area (Å²) in [7, 11) is -8.83. The van der Waals surface area contributed by atoms with Gasteiger partial charge in [-0.1, -0.05) is 38.3 Å². The van der Waals surface area contributed by atoms with Crippen LogP contribution >= 0.6 is 0 Å². The largest absolute Gasteiger partial charge is 0.399 e. The summed E-state index contributed by atoms with van der Waals surface area (Å²) in [6, 6.07) is 0. The third-order valence-corrected chi connectivity index (χ3v) is 10.5. The Morgan fingerprint density at radius 2 is 1.53 bits per heavy atom. The summed E-state index contributed by atoms with van der Waals surface area (Å²) >= 11 is 0. The zero-order chi connectivity index (χ0) is 15.9. The Morgan fingerprint density at radius 1 is 1.16 bits per heavy atom. The van der Waals surface area contributed by atoms with Crippen LogP contribution in [0.1, 0.15) is 20.8 Å². The first kappa shape index (κ1) is 18.8. The smallest absolute Gasteiger partial charge is 0.394 e. The second-order valence-electron chi connectivity index (χ2n) is 5.94. The van der Waals surface area contributed by atoms with Gasteiger partial charge >= 0.3 is 15.4 Å². The van der Waals surface area contributed by atoms with Gasteiger partial charge in [0.25, 0.3) is 0 Å². The number of aliphatic hydroxyl groups is 2. The molecule has 0 fully saturated rings. The minimum atomic E-state index is -5.94. The van der Waals surface area contributed by atoms with E-state index in [-0.39, 0.29) is 0 Å². The molecule has 0 aliphatic carbocycles. The van der Waals surface area contributed by atoms with Crippen LogP contribution in [0.25, 0.3) is 0 Å². The van der Waals surface area contributed by atoms with Crippen molar-refractivity contribution in [3.05, 3.63) is 0 Å². The highest BCUT2D eigenvalue weighted by Crippen LogP contribution is 2.42. The van der Waals surface area contributed by atoms with Gasteiger partial charge < -0.3 is 10.2 Å². The lowest BCUT2D eigenvalue weighted by Gasteiger charge is -2.43. The fraction of sp³-hybridized carbons (Fsp3) is 1.00. The molecule has 0 radical (unpaired) electrons. The van der Waals surface area contributed by atoms with Crippen molar-refractivity contribution in [2.75, 3.05) is 0 Å². The van der Waals surface area contributed by atoms with E-state index in [4.69, 9.17) is 0 Å². The Morgan fingerprint density at radius 3 is 1.79 bits per heavy atom. The molecule has 0 saturated heterocycles. The number of alkyl halides is 2. The first-order valence-electron chi connectivity index (χ1n) is 5.41. The molecule has 5 nitrogen and oxygen atoms in total. The van der Waals surface area contributed by atoms with Crippen molar-refractivity contribution in [2.45, 2.75) is 56.0 Å². The summed E-state index contributed by atoms with van der Waals surface area (Å²) in [6.07, 6.45) is -2.96. The van der Waals surface area contributed by atoms with Gasteiger partial charge in [0.15, 0.2) is 6.10 Å². The fourth-order valence-corrected chi connectivity index (χ4v) is 3.73. The Balaban J connectivity index is 5.52. The summed E-state index contributed by atoms with van der Waals surface area (Å²) in [5.41, 5.74) is -1.98. The fourth-order valence-electron chi connectivity index (χ4n) is 1.21. The van der Waals surface area contributed by atoms with Gasteiger partial charge in [0.05, 0.1) is 13.8 Å². The Kier molecular flexibility index (Phi) is 5.27. The number of hydrogen-bond acceptors (Lipinski definition) is 5. The first-order chi connectivity index (χ1) is 8.13. The molecule has 0 amide bonds. The van der Waals surface area contributed by atoms with E-state index in [2.05, 4.69) is 4.39 Å². The molecule has 10 heteroatoms. The molecular weight excluding hydrogens is 305 g/mol. The molecule has 0 rings (SSSR count). The molecule has 0 spiro atoms. The van der Waals surface area contributed by atoms with Gasteiger partial charge in [0.1, 0.15) is 0 Å². The van der Waals surface area contributed by atoms with Crippen molar-refractivity contribution in [3.8, 4) is 0 Å². The highest BCUT2D eigenvalue weighted by molar-refractivity contribution is 7.87. The molecule has 116 valence electrons. The van der Waals surface area contributed by atoms with E-state index in [1.54, 1.807) is 20.8 Å². The number of rotatable bonds is 5. The molecule has 0 aliphatic heterocycles. The maximum absolute atomic E-state index is 13.4. The molecule has 2 unspecified atom stereocenters. The predicted molar refractivity (Wildman–Crippen MR) is 65.3 cm³/mol. The lowest BCUT2D eigenvalue weighted by Crippen LogP contribution is -2.61. The van der Waals surface area contributed by atoms with E-state index >= 15 is 0 Å². The van der Waals surface area contributed by atoms with Crippen LogP contribution in [0, 0.1) is 0 Å². The average Bonchev–Trinajstić information content (AvgIpc) is 2.24. The summed E-state index contributed by atoms with van der Waals surface area (Å²) in [4.78, 5) is 0. The maximum atomic E-state index is 13.4. The summed E-state index contributed by atoms with van der Waals surface area (Å²) in [5, 5.41) is 13.8. The third kappa shape index (κ3) is 3.30. The van der Waals surface area contributed by atoms with Crippen LogP contribution in [0.5, 0.6) is 0 Å². The standard InChI is InChI=1S/C9H19F3O5SSi/c1-8(2,3)19(4,5)7(14)6(13)9(10,11)18(15,16)17-12/h6-7,13-14H,1-5H3. The topological polar surface area (TPSA) is 83.8 Å². The minimum Gasteiger partial charge on any atom is -0.394 e. The van der Waals surface area contributed by atoms with E-state index in [1.165, 1.54) is 13.1 Å². The second kappa shape index (κ2) is 5.32. The summed E-state index contributed by atoms with van der Waals surface area (Å²) in [5.74, 6) is 0. The van der Waals surface area contributed by atoms with Gasteiger partial charge in [-0.25, -0.2) is 0 Å². The molecule has 0 saturated carbocycles.